The molecule has 1 aliphatic carbocycles. The fraction of sp³-hybridized carbons (Fsp3) is 0.600. The lowest BCUT2D eigenvalue weighted by atomic mass is 9.83. The fourth-order valence-corrected chi connectivity index (χ4v) is 2.75. The molecule has 0 atom stereocenters. The molecular formula is C15H22N4O2. The van der Waals surface area contributed by atoms with Gasteiger partial charge >= 0.3 is 0 Å². The minimum Gasteiger partial charge on any atom is -0.353 e. The van der Waals surface area contributed by atoms with E-state index in [1.54, 1.807) is 6.20 Å². The van der Waals surface area contributed by atoms with E-state index in [0.717, 1.165) is 25.7 Å². The number of rotatable bonds is 6. The Hall–Kier alpha value is -1.82. The molecular weight excluding hydrogens is 268 g/mol. The average molecular weight is 290 g/mol. The van der Waals surface area contributed by atoms with E-state index in [-0.39, 0.29) is 17.7 Å². The van der Waals surface area contributed by atoms with Gasteiger partial charge in [-0.25, -0.2) is 4.98 Å². The van der Waals surface area contributed by atoms with Crippen LogP contribution in [-0.2, 0) is 4.79 Å². The molecule has 6 heteroatoms. The van der Waals surface area contributed by atoms with E-state index in [4.69, 9.17) is 5.73 Å². The first-order valence-corrected chi connectivity index (χ1v) is 7.47. The molecule has 0 aliphatic heterocycles. The zero-order valence-corrected chi connectivity index (χ0v) is 12.1. The number of carbonyl (C=O) groups excluding carboxylic acids is 2. The number of Topliss-reactive ketones (excluding diaryl/α,β-unsaturated/α-hetero) is 1. The summed E-state index contributed by atoms with van der Waals surface area (Å²) in [5.74, 6) is 0.456. The topological polar surface area (TPSA) is 98.0 Å². The smallest absolute Gasteiger partial charge is 0.221 e. The lowest BCUT2D eigenvalue weighted by molar-refractivity contribution is -0.121. The highest BCUT2D eigenvalue weighted by Gasteiger charge is 2.24. The predicted molar refractivity (Wildman–Crippen MR) is 78.5 cm³/mol. The molecule has 0 radical (unpaired) electrons. The molecule has 0 bridgehead atoms. The molecule has 1 aliphatic rings. The standard InChI is InChI=1S/C15H22N4O2/c16-6-5-15(21)19-12-3-1-11(2-4-12)9-14(20)13-10-17-7-8-18-13/h7-8,10-12H,1-6,9,16H2,(H,19,21). The van der Waals surface area contributed by atoms with Crippen LogP contribution in [0.1, 0.15) is 49.0 Å². The van der Waals surface area contributed by atoms with Crippen LogP contribution < -0.4 is 11.1 Å². The number of aromatic nitrogens is 2. The number of nitrogens with one attached hydrogen (secondary N) is 1. The van der Waals surface area contributed by atoms with E-state index in [1.165, 1.54) is 12.4 Å². The van der Waals surface area contributed by atoms with Gasteiger partial charge in [0.15, 0.2) is 5.78 Å². The van der Waals surface area contributed by atoms with Crippen LogP contribution in [0.4, 0.5) is 0 Å². The van der Waals surface area contributed by atoms with Gasteiger partial charge in [-0.05, 0) is 31.6 Å². The van der Waals surface area contributed by atoms with Crippen LogP contribution in [0.3, 0.4) is 0 Å². The molecule has 1 fully saturated rings. The SMILES string of the molecule is NCCC(=O)NC1CCC(CC(=O)c2cnccn2)CC1. The van der Waals surface area contributed by atoms with E-state index in [2.05, 4.69) is 15.3 Å². The maximum atomic E-state index is 12.1. The quantitative estimate of drug-likeness (QED) is 0.764. The number of amides is 1. The van der Waals surface area contributed by atoms with Gasteiger partial charge in [0.05, 0.1) is 6.20 Å². The van der Waals surface area contributed by atoms with Crippen molar-refractivity contribution in [3.8, 4) is 0 Å². The molecule has 21 heavy (non-hydrogen) atoms. The summed E-state index contributed by atoms with van der Waals surface area (Å²) in [6, 6.07) is 0.229. The highest BCUT2D eigenvalue weighted by molar-refractivity contribution is 5.94. The van der Waals surface area contributed by atoms with E-state index >= 15 is 0 Å². The van der Waals surface area contributed by atoms with Gasteiger partial charge in [0, 0.05) is 37.8 Å². The zero-order valence-electron chi connectivity index (χ0n) is 12.1. The minimum atomic E-state index is 0.0246. The van der Waals surface area contributed by atoms with Crippen molar-refractivity contribution in [3.63, 3.8) is 0 Å². The predicted octanol–water partition coefficient (Wildman–Crippen LogP) is 1.07. The summed E-state index contributed by atoms with van der Waals surface area (Å²) in [5.41, 5.74) is 5.80. The summed E-state index contributed by atoms with van der Waals surface area (Å²) < 4.78 is 0. The lowest BCUT2D eigenvalue weighted by Crippen LogP contribution is -2.38. The monoisotopic (exact) mass is 290 g/mol. The van der Waals surface area contributed by atoms with Crippen LogP contribution in [0, 0.1) is 5.92 Å². The van der Waals surface area contributed by atoms with Crippen LogP contribution in [0.2, 0.25) is 0 Å². The largest absolute Gasteiger partial charge is 0.353 e. The second-order valence-corrected chi connectivity index (χ2v) is 5.54. The summed E-state index contributed by atoms with van der Waals surface area (Å²) in [4.78, 5) is 31.5. The molecule has 1 aromatic heterocycles. The van der Waals surface area contributed by atoms with Gasteiger partial charge in [-0.2, -0.15) is 0 Å². The Bertz CT molecular complexity index is 470. The van der Waals surface area contributed by atoms with Crippen LogP contribution in [0.15, 0.2) is 18.6 Å². The Kier molecular flexibility index (Phi) is 5.80. The first-order chi connectivity index (χ1) is 10.2. The third-order valence-electron chi connectivity index (χ3n) is 3.91. The van der Waals surface area contributed by atoms with Crippen LogP contribution in [-0.4, -0.2) is 34.2 Å². The third kappa shape index (κ3) is 4.90. The van der Waals surface area contributed by atoms with Crippen molar-refractivity contribution < 1.29 is 9.59 Å². The highest BCUT2D eigenvalue weighted by atomic mass is 16.1. The fourth-order valence-electron chi connectivity index (χ4n) is 2.75. The highest BCUT2D eigenvalue weighted by Crippen LogP contribution is 2.27. The Morgan fingerprint density at radius 1 is 1.24 bits per heavy atom. The lowest BCUT2D eigenvalue weighted by Gasteiger charge is -2.28. The molecule has 3 N–H and O–H groups in total. The molecule has 2 rings (SSSR count). The van der Waals surface area contributed by atoms with Gasteiger partial charge in [0.25, 0.3) is 0 Å². The molecule has 0 spiro atoms. The van der Waals surface area contributed by atoms with Crippen molar-refractivity contribution in [2.45, 2.75) is 44.6 Å². The van der Waals surface area contributed by atoms with Gasteiger partial charge < -0.3 is 11.1 Å². The molecule has 0 unspecified atom stereocenters. The van der Waals surface area contributed by atoms with Gasteiger partial charge in [-0.15, -0.1) is 0 Å². The number of nitrogens with two attached hydrogens (primary N) is 1. The summed E-state index contributed by atoms with van der Waals surface area (Å²) >= 11 is 0. The summed E-state index contributed by atoms with van der Waals surface area (Å²) in [5, 5.41) is 3.00. The number of ketones is 1. The summed E-state index contributed by atoms with van der Waals surface area (Å²) in [6.45, 7) is 0.383. The third-order valence-corrected chi connectivity index (χ3v) is 3.91. The first-order valence-electron chi connectivity index (χ1n) is 7.47. The first kappa shape index (κ1) is 15.6. The molecule has 1 saturated carbocycles. The molecule has 0 aromatic carbocycles. The van der Waals surface area contributed by atoms with Crippen molar-refractivity contribution in [1.82, 2.24) is 15.3 Å². The van der Waals surface area contributed by atoms with Gasteiger partial charge in [0.1, 0.15) is 5.69 Å². The Morgan fingerprint density at radius 3 is 2.62 bits per heavy atom. The Morgan fingerprint density at radius 2 is 2.00 bits per heavy atom. The van der Waals surface area contributed by atoms with Crippen LogP contribution in [0.5, 0.6) is 0 Å². The molecule has 0 saturated heterocycles. The van der Waals surface area contributed by atoms with Crippen molar-refractivity contribution in [1.29, 1.82) is 0 Å². The summed E-state index contributed by atoms with van der Waals surface area (Å²) in [6.07, 6.45) is 9.28. The molecule has 1 aromatic rings. The van der Waals surface area contributed by atoms with Crippen LogP contribution >= 0.6 is 0 Å². The average Bonchev–Trinajstić information content (AvgIpc) is 2.50. The normalized spacial score (nSPS) is 21.8. The number of hydrogen-bond donors (Lipinski definition) is 2. The molecule has 1 heterocycles. The van der Waals surface area contributed by atoms with Gasteiger partial charge in [-0.1, -0.05) is 0 Å². The number of nitrogens with zero attached hydrogens (tertiary/aromatic N) is 2. The van der Waals surface area contributed by atoms with Gasteiger partial charge in [-0.3, -0.25) is 14.6 Å². The number of hydrogen-bond acceptors (Lipinski definition) is 5. The second-order valence-electron chi connectivity index (χ2n) is 5.54. The van der Waals surface area contributed by atoms with E-state index in [1.807, 2.05) is 0 Å². The van der Waals surface area contributed by atoms with E-state index in [0.29, 0.717) is 31.0 Å². The van der Waals surface area contributed by atoms with Crippen LogP contribution in [0.25, 0.3) is 0 Å². The van der Waals surface area contributed by atoms with Crippen molar-refractivity contribution >= 4 is 11.7 Å². The van der Waals surface area contributed by atoms with E-state index in [9.17, 15) is 9.59 Å². The van der Waals surface area contributed by atoms with Crippen molar-refractivity contribution in [2.75, 3.05) is 6.54 Å². The maximum Gasteiger partial charge on any atom is 0.221 e. The maximum absolute atomic E-state index is 12.1. The summed E-state index contributed by atoms with van der Waals surface area (Å²) in [7, 11) is 0. The van der Waals surface area contributed by atoms with Crippen molar-refractivity contribution in [2.24, 2.45) is 11.7 Å². The minimum absolute atomic E-state index is 0.0246. The second kappa shape index (κ2) is 7.83. The number of carbonyl (C=O) groups is 2. The molecule has 6 nitrogen and oxygen atoms in total. The Labute approximate surface area is 124 Å². The Balaban J connectivity index is 1.74. The molecule has 1 amide bonds. The van der Waals surface area contributed by atoms with Crippen molar-refractivity contribution in [3.05, 3.63) is 24.3 Å². The molecule has 114 valence electrons. The zero-order chi connectivity index (χ0) is 15.1. The van der Waals surface area contributed by atoms with E-state index < -0.39 is 0 Å². The van der Waals surface area contributed by atoms with Gasteiger partial charge in [0.2, 0.25) is 5.91 Å².